The molecule has 0 bridgehead atoms. The molecule has 2 heteroatoms. The first-order chi connectivity index (χ1) is 8.68. The summed E-state index contributed by atoms with van der Waals surface area (Å²) in [6.07, 6.45) is 4.36. The summed E-state index contributed by atoms with van der Waals surface area (Å²) in [6, 6.07) is 0. The van der Waals surface area contributed by atoms with Gasteiger partial charge in [0, 0.05) is 6.92 Å². The van der Waals surface area contributed by atoms with Crippen LogP contribution in [0.1, 0.15) is 53.4 Å². The lowest BCUT2D eigenvalue weighted by Crippen LogP contribution is -2.49. The second kappa shape index (κ2) is 4.50. The van der Waals surface area contributed by atoms with Crippen LogP contribution >= 0.6 is 0 Å². The topological polar surface area (TPSA) is 26.3 Å². The fourth-order valence-corrected chi connectivity index (χ4v) is 4.30. The van der Waals surface area contributed by atoms with Crippen LogP contribution in [0.5, 0.6) is 0 Å². The highest BCUT2D eigenvalue weighted by Crippen LogP contribution is 2.60. The lowest BCUT2D eigenvalue weighted by atomic mass is 9.49. The van der Waals surface area contributed by atoms with E-state index < -0.39 is 0 Å². The molecule has 2 nitrogen and oxygen atoms in total. The number of fused-ring (bicyclic) bond motifs is 1. The van der Waals surface area contributed by atoms with Crippen LogP contribution in [-0.2, 0) is 9.53 Å². The summed E-state index contributed by atoms with van der Waals surface area (Å²) < 4.78 is 5.46. The Labute approximate surface area is 116 Å². The Bertz CT molecular complexity index is 433. The van der Waals surface area contributed by atoms with Crippen molar-refractivity contribution in [3.8, 4) is 0 Å². The molecule has 0 heterocycles. The van der Waals surface area contributed by atoms with Crippen LogP contribution in [0.3, 0.4) is 0 Å². The lowest BCUT2D eigenvalue weighted by molar-refractivity contribution is -0.148. The quantitative estimate of drug-likeness (QED) is 0.660. The molecule has 3 atom stereocenters. The van der Waals surface area contributed by atoms with E-state index in [9.17, 15) is 4.79 Å². The highest BCUT2D eigenvalue weighted by Gasteiger charge is 2.53. The summed E-state index contributed by atoms with van der Waals surface area (Å²) in [6.45, 7) is 16.9. The van der Waals surface area contributed by atoms with Crippen molar-refractivity contribution in [2.24, 2.45) is 16.7 Å². The highest BCUT2D eigenvalue weighted by molar-refractivity contribution is 5.67. The molecule has 1 unspecified atom stereocenters. The normalized spacial score (nSPS) is 37.7. The maximum atomic E-state index is 11.3. The fraction of sp³-hybridized carbons (Fsp3) is 0.706. The van der Waals surface area contributed by atoms with Gasteiger partial charge in [-0.1, -0.05) is 40.3 Å². The van der Waals surface area contributed by atoms with E-state index in [1.165, 1.54) is 26.2 Å². The standard InChI is InChI=1S/C17H26O2/c1-11-12(2)17(6)9-7-8-16(4,5)15(17)10-14(11)19-13(3)18/h14-15H,1-2,7-10H2,3-6H3/t14?,15-,17+/m0/s1. The van der Waals surface area contributed by atoms with Crippen LogP contribution in [0.15, 0.2) is 24.3 Å². The van der Waals surface area contributed by atoms with E-state index in [2.05, 4.69) is 33.9 Å². The van der Waals surface area contributed by atoms with E-state index in [-0.39, 0.29) is 22.9 Å². The summed E-state index contributed by atoms with van der Waals surface area (Å²) in [5.41, 5.74) is 2.42. The molecule has 0 aromatic heterocycles. The van der Waals surface area contributed by atoms with Crippen molar-refractivity contribution < 1.29 is 9.53 Å². The van der Waals surface area contributed by atoms with Crippen molar-refractivity contribution >= 4 is 5.97 Å². The molecule has 0 saturated heterocycles. The number of ether oxygens (including phenoxy) is 1. The monoisotopic (exact) mass is 262 g/mol. The Morgan fingerprint density at radius 3 is 2.47 bits per heavy atom. The van der Waals surface area contributed by atoms with Gasteiger partial charge in [-0.25, -0.2) is 0 Å². The van der Waals surface area contributed by atoms with E-state index in [1.807, 2.05) is 0 Å². The Kier molecular flexibility index (Phi) is 3.40. The molecule has 2 saturated carbocycles. The third-order valence-corrected chi connectivity index (χ3v) is 5.45. The molecule has 0 radical (unpaired) electrons. The van der Waals surface area contributed by atoms with Crippen molar-refractivity contribution in [1.29, 1.82) is 0 Å². The second-order valence-electron chi connectivity index (χ2n) is 7.15. The highest BCUT2D eigenvalue weighted by atomic mass is 16.5. The molecule has 0 aromatic rings. The van der Waals surface area contributed by atoms with E-state index in [0.717, 1.165) is 17.6 Å². The predicted molar refractivity (Wildman–Crippen MR) is 77.7 cm³/mol. The van der Waals surface area contributed by atoms with Gasteiger partial charge in [0.15, 0.2) is 0 Å². The van der Waals surface area contributed by atoms with Gasteiger partial charge in [0.25, 0.3) is 0 Å². The molecule has 2 aliphatic carbocycles. The molecule has 2 fully saturated rings. The van der Waals surface area contributed by atoms with Gasteiger partial charge in [-0.15, -0.1) is 0 Å². The molecule has 0 spiro atoms. The number of hydrogen-bond donors (Lipinski definition) is 0. The van der Waals surface area contributed by atoms with Crippen molar-refractivity contribution in [3.63, 3.8) is 0 Å². The van der Waals surface area contributed by atoms with E-state index >= 15 is 0 Å². The molecule has 2 rings (SSSR count). The lowest BCUT2D eigenvalue weighted by Gasteiger charge is -2.56. The molecule has 0 amide bonds. The zero-order valence-corrected chi connectivity index (χ0v) is 12.7. The Morgan fingerprint density at radius 1 is 1.26 bits per heavy atom. The summed E-state index contributed by atoms with van der Waals surface area (Å²) >= 11 is 0. The molecule has 19 heavy (non-hydrogen) atoms. The van der Waals surface area contributed by atoms with Crippen LogP contribution in [0.4, 0.5) is 0 Å². The molecule has 0 N–H and O–H groups in total. The number of rotatable bonds is 1. The summed E-state index contributed by atoms with van der Waals surface area (Å²) in [5.74, 6) is 0.285. The molecular weight excluding hydrogens is 236 g/mol. The smallest absolute Gasteiger partial charge is 0.303 e. The SMILES string of the molecule is C=C1C(=C)[C@@]2(C)CCCC(C)(C)[C@@H]2CC1OC(C)=O. The van der Waals surface area contributed by atoms with Gasteiger partial charge in [0.1, 0.15) is 6.10 Å². The largest absolute Gasteiger partial charge is 0.458 e. The Balaban J connectivity index is 2.34. The summed E-state index contributed by atoms with van der Waals surface area (Å²) in [4.78, 5) is 11.3. The summed E-state index contributed by atoms with van der Waals surface area (Å²) in [7, 11) is 0. The van der Waals surface area contributed by atoms with Gasteiger partial charge in [-0.05, 0) is 47.2 Å². The minimum Gasteiger partial charge on any atom is -0.458 e. The zero-order valence-electron chi connectivity index (χ0n) is 12.7. The van der Waals surface area contributed by atoms with Crippen LogP contribution in [-0.4, -0.2) is 12.1 Å². The zero-order chi connectivity index (χ0) is 14.4. The van der Waals surface area contributed by atoms with Gasteiger partial charge < -0.3 is 4.74 Å². The molecule has 0 aliphatic heterocycles. The molecule has 2 aliphatic rings. The fourth-order valence-electron chi connectivity index (χ4n) is 4.30. The van der Waals surface area contributed by atoms with Crippen molar-refractivity contribution in [2.75, 3.05) is 0 Å². The number of carbonyl (C=O) groups is 1. The average Bonchev–Trinajstić information content (AvgIpc) is 2.28. The van der Waals surface area contributed by atoms with Crippen LogP contribution < -0.4 is 0 Å². The number of esters is 1. The average molecular weight is 262 g/mol. The second-order valence-corrected chi connectivity index (χ2v) is 7.15. The third kappa shape index (κ3) is 2.26. The minimum atomic E-state index is -0.226. The van der Waals surface area contributed by atoms with Gasteiger partial charge in [-0.3, -0.25) is 4.79 Å². The van der Waals surface area contributed by atoms with Crippen LogP contribution in [0, 0.1) is 16.7 Å². The van der Waals surface area contributed by atoms with Crippen molar-refractivity contribution in [2.45, 2.75) is 59.5 Å². The first kappa shape index (κ1) is 14.4. The van der Waals surface area contributed by atoms with E-state index in [1.54, 1.807) is 0 Å². The molecule has 0 aromatic carbocycles. The number of hydrogen-bond acceptors (Lipinski definition) is 2. The maximum Gasteiger partial charge on any atom is 0.303 e. The van der Waals surface area contributed by atoms with E-state index in [0.29, 0.717) is 5.92 Å². The minimum absolute atomic E-state index is 0.121. The van der Waals surface area contributed by atoms with Gasteiger partial charge in [-0.2, -0.15) is 0 Å². The van der Waals surface area contributed by atoms with Gasteiger partial charge in [0.05, 0.1) is 0 Å². The van der Waals surface area contributed by atoms with Crippen molar-refractivity contribution in [1.82, 2.24) is 0 Å². The van der Waals surface area contributed by atoms with Crippen LogP contribution in [0.2, 0.25) is 0 Å². The van der Waals surface area contributed by atoms with E-state index in [4.69, 9.17) is 4.74 Å². The first-order valence-corrected chi connectivity index (χ1v) is 7.24. The summed E-state index contributed by atoms with van der Waals surface area (Å²) in [5, 5.41) is 0. The maximum absolute atomic E-state index is 11.3. The predicted octanol–water partition coefficient (Wildman–Crippen LogP) is 4.27. The van der Waals surface area contributed by atoms with Gasteiger partial charge >= 0.3 is 5.97 Å². The first-order valence-electron chi connectivity index (χ1n) is 7.24. The Hall–Kier alpha value is -1.05. The van der Waals surface area contributed by atoms with Crippen molar-refractivity contribution in [3.05, 3.63) is 24.3 Å². The number of carbonyl (C=O) groups excluding carboxylic acids is 1. The van der Waals surface area contributed by atoms with Gasteiger partial charge in [0.2, 0.25) is 0 Å². The molecule has 106 valence electrons. The Morgan fingerprint density at radius 2 is 1.89 bits per heavy atom. The third-order valence-electron chi connectivity index (χ3n) is 5.45. The van der Waals surface area contributed by atoms with Crippen LogP contribution in [0.25, 0.3) is 0 Å². The molecular formula is C17H26O2.